The Balaban J connectivity index is 1.74. The topological polar surface area (TPSA) is 48.0 Å². The van der Waals surface area contributed by atoms with E-state index in [-0.39, 0.29) is 11.8 Å². The van der Waals surface area contributed by atoms with Gasteiger partial charge in [0, 0.05) is 26.3 Å². The molecular formula is C22H27NO4. The van der Waals surface area contributed by atoms with E-state index in [4.69, 9.17) is 14.2 Å². The van der Waals surface area contributed by atoms with Crippen molar-refractivity contribution in [3.63, 3.8) is 0 Å². The predicted octanol–water partition coefficient (Wildman–Crippen LogP) is 3.23. The molecule has 0 saturated heterocycles. The molecule has 27 heavy (non-hydrogen) atoms. The van der Waals surface area contributed by atoms with Gasteiger partial charge in [0.1, 0.15) is 18.1 Å². The first-order valence-electron chi connectivity index (χ1n) is 9.24. The molecule has 1 aliphatic rings. The number of fused-ring (bicyclic) bond motifs is 1. The van der Waals surface area contributed by atoms with E-state index in [0.717, 1.165) is 22.6 Å². The van der Waals surface area contributed by atoms with Crippen molar-refractivity contribution in [2.24, 2.45) is 5.92 Å². The summed E-state index contributed by atoms with van der Waals surface area (Å²) in [4.78, 5) is 15.1. The summed E-state index contributed by atoms with van der Waals surface area (Å²) >= 11 is 0. The molecule has 0 fully saturated rings. The molecule has 1 aliphatic heterocycles. The molecule has 1 heterocycles. The number of rotatable bonds is 7. The van der Waals surface area contributed by atoms with Crippen LogP contribution in [0.4, 0.5) is 0 Å². The first-order valence-corrected chi connectivity index (χ1v) is 9.24. The summed E-state index contributed by atoms with van der Waals surface area (Å²) in [5.74, 6) is 1.49. The van der Waals surface area contributed by atoms with Gasteiger partial charge in [-0.2, -0.15) is 0 Å². The SMILES string of the molecule is COCCN(Cc1ccccc1C)C(=O)[C@H]1COc2cc(OC)ccc2C1. The molecule has 2 aromatic rings. The Hall–Kier alpha value is -2.53. The van der Waals surface area contributed by atoms with Crippen LogP contribution in [0.3, 0.4) is 0 Å². The quantitative estimate of drug-likeness (QED) is 0.752. The van der Waals surface area contributed by atoms with E-state index in [9.17, 15) is 4.79 Å². The molecule has 0 N–H and O–H groups in total. The highest BCUT2D eigenvalue weighted by Crippen LogP contribution is 2.31. The molecule has 0 spiro atoms. The van der Waals surface area contributed by atoms with E-state index in [0.29, 0.717) is 32.7 Å². The molecule has 5 heteroatoms. The molecule has 144 valence electrons. The number of ether oxygens (including phenoxy) is 3. The van der Waals surface area contributed by atoms with E-state index >= 15 is 0 Å². The Morgan fingerprint density at radius 3 is 2.78 bits per heavy atom. The summed E-state index contributed by atoms with van der Waals surface area (Å²) in [5, 5.41) is 0. The number of benzene rings is 2. The highest BCUT2D eigenvalue weighted by atomic mass is 16.5. The third-order valence-electron chi connectivity index (χ3n) is 5.03. The molecule has 5 nitrogen and oxygen atoms in total. The molecule has 0 aliphatic carbocycles. The summed E-state index contributed by atoms with van der Waals surface area (Å²) < 4.78 is 16.3. The molecule has 0 unspecified atom stereocenters. The highest BCUT2D eigenvalue weighted by Gasteiger charge is 2.30. The van der Waals surface area contributed by atoms with Crippen molar-refractivity contribution in [1.29, 1.82) is 0 Å². The van der Waals surface area contributed by atoms with Crippen LogP contribution in [-0.2, 0) is 22.5 Å². The maximum Gasteiger partial charge on any atom is 0.229 e. The van der Waals surface area contributed by atoms with Crippen LogP contribution in [-0.4, -0.2) is 44.8 Å². The Bertz CT molecular complexity index is 790. The standard InChI is InChI=1S/C22H27NO4/c1-16-6-4-5-7-18(16)14-23(10-11-25-2)22(24)19-12-17-8-9-20(26-3)13-21(17)27-15-19/h4-9,13,19H,10-12,14-15H2,1-3H3/t19-/m1/s1. The van der Waals surface area contributed by atoms with Crippen LogP contribution in [0.15, 0.2) is 42.5 Å². The molecule has 0 radical (unpaired) electrons. The second-order valence-electron chi connectivity index (χ2n) is 6.86. The zero-order chi connectivity index (χ0) is 19.2. The first kappa shape index (κ1) is 19.2. The van der Waals surface area contributed by atoms with E-state index in [1.807, 2.05) is 35.2 Å². The number of aryl methyl sites for hydroxylation is 1. The predicted molar refractivity (Wildman–Crippen MR) is 104 cm³/mol. The fourth-order valence-electron chi connectivity index (χ4n) is 3.36. The maximum absolute atomic E-state index is 13.2. The molecule has 1 atom stereocenters. The minimum atomic E-state index is -0.188. The number of methoxy groups -OCH3 is 2. The zero-order valence-corrected chi connectivity index (χ0v) is 16.2. The largest absolute Gasteiger partial charge is 0.497 e. The van der Waals surface area contributed by atoms with Crippen molar-refractivity contribution < 1.29 is 19.0 Å². The van der Waals surface area contributed by atoms with Gasteiger partial charge in [0.25, 0.3) is 0 Å². The lowest BCUT2D eigenvalue weighted by atomic mass is 9.95. The Kier molecular flexibility index (Phi) is 6.35. The summed E-state index contributed by atoms with van der Waals surface area (Å²) in [6.45, 7) is 4.12. The molecular weight excluding hydrogens is 342 g/mol. The maximum atomic E-state index is 13.2. The summed E-state index contributed by atoms with van der Waals surface area (Å²) in [5.41, 5.74) is 3.39. The Morgan fingerprint density at radius 2 is 2.04 bits per heavy atom. The minimum absolute atomic E-state index is 0.108. The van der Waals surface area contributed by atoms with Gasteiger partial charge in [0.05, 0.1) is 19.6 Å². The van der Waals surface area contributed by atoms with Gasteiger partial charge in [0.15, 0.2) is 0 Å². The molecule has 0 saturated carbocycles. The number of carbonyl (C=O) groups excluding carboxylic acids is 1. The van der Waals surface area contributed by atoms with E-state index in [2.05, 4.69) is 19.1 Å². The number of nitrogens with zero attached hydrogens (tertiary/aromatic N) is 1. The number of hydrogen-bond donors (Lipinski definition) is 0. The average molecular weight is 369 g/mol. The van der Waals surface area contributed by atoms with Gasteiger partial charge in [-0.1, -0.05) is 30.3 Å². The second kappa shape index (κ2) is 8.91. The summed E-state index contributed by atoms with van der Waals surface area (Å²) in [6, 6.07) is 13.9. The molecule has 1 amide bonds. The fraction of sp³-hybridized carbons (Fsp3) is 0.409. The lowest BCUT2D eigenvalue weighted by Crippen LogP contribution is -2.42. The van der Waals surface area contributed by atoms with Gasteiger partial charge in [0.2, 0.25) is 5.91 Å². The zero-order valence-electron chi connectivity index (χ0n) is 16.2. The third-order valence-corrected chi connectivity index (χ3v) is 5.03. The lowest BCUT2D eigenvalue weighted by Gasteiger charge is -2.31. The number of amides is 1. The number of hydrogen-bond acceptors (Lipinski definition) is 4. The molecule has 2 aromatic carbocycles. The van der Waals surface area contributed by atoms with Crippen LogP contribution in [0.2, 0.25) is 0 Å². The van der Waals surface area contributed by atoms with Crippen molar-refractivity contribution in [3.05, 3.63) is 59.2 Å². The van der Waals surface area contributed by atoms with Crippen LogP contribution < -0.4 is 9.47 Å². The van der Waals surface area contributed by atoms with Crippen LogP contribution in [0.25, 0.3) is 0 Å². The monoisotopic (exact) mass is 369 g/mol. The Labute approximate surface area is 160 Å². The number of carbonyl (C=O) groups is 1. The van der Waals surface area contributed by atoms with Crippen molar-refractivity contribution >= 4 is 5.91 Å². The van der Waals surface area contributed by atoms with Crippen molar-refractivity contribution in [2.45, 2.75) is 19.9 Å². The normalized spacial score (nSPS) is 15.6. The van der Waals surface area contributed by atoms with Gasteiger partial charge >= 0.3 is 0 Å². The third kappa shape index (κ3) is 4.61. The van der Waals surface area contributed by atoms with Crippen molar-refractivity contribution in [3.8, 4) is 11.5 Å². The second-order valence-corrected chi connectivity index (χ2v) is 6.86. The first-order chi connectivity index (χ1) is 13.1. The van der Waals surface area contributed by atoms with Gasteiger partial charge in [-0.15, -0.1) is 0 Å². The van der Waals surface area contributed by atoms with E-state index in [1.54, 1.807) is 14.2 Å². The summed E-state index contributed by atoms with van der Waals surface area (Å²) in [7, 11) is 3.29. The minimum Gasteiger partial charge on any atom is -0.497 e. The smallest absolute Gasteiger partial charge is 0.229 e. The molecule has 0 aromatic heterocycles. The van der Waals surface area contributed by atoms with Crippen LogP contribution in [0, 0.1) is 12.8 Å². The van der Waals surface area contributed by atoms with Gasteiger partial charge < -0.3 is 19.1 Å². The van der Waals surface area contributed by atoms with Crippen LogP contribution in [0.1, 0.15) is 16.7 Å². The average Bonchev–Trinajstić information content (AvgIpc) is 2.71. The van der Waals surface area contributed by atoms with Crippen LogP contribution in [0.5, 0.6) is 11.5 Å². The van der Waals surface area contributed by atoms with E-state index in [1.165, 1.54) is 5.56 Å². The highest BCUT2D eigenvalue weighted by molar-refractivity contribution is 5.80. The summed E-state index contributed by atoms with van der Waals surface area (Å²) in [6.07, 6.45) is 0.676. The lowest BCUT2D eigenvalue weighted by molar-refractivity contribution is -0.138. The fourth-order valence-corrected chi connectivity index (χ4v) is 3.36. The molecule has 0 bridgehead atoms. The Morgan fingerprint density at radius 1 is 1.22 bits per heavy atom. The molecule has 3 rings (SSSR count). The van der Waals surface area contributed by atoms with Crippen molar-refractivity contribution in [1.82, 2.24) is 4.90 Å². The van der Waals surface area contributed by atoms with Gasteiger partial charge in [-0.05, 0) is 36.1 Å². The van der Waals surface area contributed by atoms with E-state index < -0.39 is 0 Å². The van der Waals surface area contributed by atoms with Crippen molar-refractivity contribution in [2.75, 3.05) is 34.0 Å². The van der Waals surface area contributed by atoms with Crippen LogP contribution >= 0.6 is 0 Å². The van der Waals surface area contributed by atoms with Gasteiger partial charge in [-0.25, -0.2) is 0 Å². The van der Waals surface area contributed by atoms with Gasteiger partial charge in [-0.3, -0.25) is 4.79 Å².